The predicted molar refractivity (Wildman–Crippen MR) is 211 cm³/mol. The standard InChI is InChI=1S/C38H72O17P2/c1-5-9-13-15-16-17-21-25-38(43)55-34(29-49-36(41)23-20-14-10-6-2)31-53-57(46,47)51-27-32(39)26-50-56(44,45)52-30-33(54-37(42)24-19-12-8-4)28-48-35(40)22-18-11-7-3/h32-34,39H,5-31H2,1-4H3,(H,44,45)(H,46,47)/t32-,33+,34+/m0/s1. The summed E-state index contributed by atoms with van der Waals surface area (Å²) in [4.78, 5) is 69.5. The molecular weight excluding hydrogens is 790 g/mol. The molecule has 0 aliphatic rings. The molecule has 3 N–H and O–H groups in total. The quantitative estimate of drug-likeness (QED) is 0.0231. The maximum atomic E-state index is 12.6. The third-order valence-corrected chi connectivity index (χ3v) is 10.3. The molecule has 0 saturated heterocycles. The lowest BCUT2D eigenvalue weighted by molar-refractivity contribution is -0.161. The van der Waals surface area contributed by atoms with Crippen LogP contribution in [0.1, 0.15) is 163 Å². The van der Waals surface area contributed by atoms with Crippen LogP contribution in [-0.4, -0.2) is 96.7 Å². The molecule has 0 saturated carbocycles. The highest BCUT2D eigenvalue weighted by Crippen LogP contribution is 2.45. The first-order valence-electron chi connectivity index (χ1n) is 20.8. The number of esters is 4. The van der Waals surface area contributed by atoms with Gasteiger partial charge in [0.1, 0.15) is 19.3 Å². The van der Waals surface area contributed by atoms with E-state index in [0.717, 1.165) is 83.5 Å². The molecule has 336 valence electrons. The van der Waals surface area contributed by atoms with E-state index in [-0.39, 0.29) is 25.7 Å². The minimum atomic E-state index is -4.90. The maximum Gasteiger partial charge on any atom is 0.472 e. The van der Waals surface area contributed by atoms with Crippen molar-refractivity contribution in [2.24, 2.45) is 0 Å². The Morgan fingerprint density at radius 3 is 1.09 bits per heavy atom. The largest absolute Gasteiger partial charge is 0.472 e. The molecule has 0 bridgehead atoms. The van der Waals surface area contributed by atoms with Crippen molar-refractivity contribution in [2.45, 2.75) is 181 Å². The van der Waals surface area contributed by atoms with Crippen molar-refractivity contribution in [3.8, 4) is 0 Å². The van der Waals surface area contributed by atoms with Crippen LogP contribution >= 0.6 is 15.6 Å². The fraction of sp³-hybridized carbons (Fsp3) is 0.895. The van der Waals surface area contributed by atoms with Gasteiger partial charge in [-0.05, 0) is 25.7 Å². The lowest BCUT2D eigenvalue weighted by Gasteiger charge is -2.21. The Bertz CT molecular complexity index is 1170. The summed E-state index contributed by atoms with van der Waals surface area (Å²) >= 11 is 0. The van der Waals surface area contributed by atoms with Crippen LogP contribution in [0.3, 0.4) is 0 Å². The van der Waals surface area contributed by atoms with E-state index >= 15 is 0 Å². The Kier molecular flexibility index (Phi) is 33.7. The number of aliphatic hydroxyl groups is 1. The van der Waals surface area contributed by atoms with Gasteiger partial charge >= 0.3 is 39.5 Å². The van der Waals surface area contributed by atoms with Gasteiger partial charge in [-0.3, -0.25) is 37.3 Å². The van der Waals surface area contributed by atoms with Gasteiger partial charge in [-0.15, -0.1) is 0 Å². The number of carbonyl (C=O) groups is 4. The van der Waals surface area contributed by atoms with Gasteiger partial charge in [0.25, 0.3) is 0 Å². The zero-order valence-electron chi connectivity index (χ0n) is 34.8. The molecule has 0 radical (unpaired) electrons. The Labute approximate surface area is 339 Å². The molecule has 2 unspecified atom stereocenters. The Morgan fingerprint density at radius 1 is 0.421 bits per heavy atom. The van der Waals surface area contributed by atoms with Crippen molar-refractivity contribution in [3.05, 3.63) is 0 Å². The Balaban J connectivity index is 5.05. The van der Waals surface area contributed by atoms with Crippen molar-refractivity contribution in [1.82, 2.24) is 0 Å². The summed E-state index contributed by atoms with van der Waals surface area (Å²) in [7, 11) is -9.78. The van der Waals surface area contributed by atoms with Crippen LogP contribution in [-0.2, 0) is 65.4 Å². The summed E-state index contributed by atoms with van der Waals surface area (Å²) in [5, 5.41) is 10.2. The topological polar surface area (TPSA) is 237 Å². The highest BCUT2D eigenvalue weighted by atomic mass is 31.2. The van der Waals surface area contributed by atoms with Crippen LogP contribution in [0, 0.1) is 0 Å². The number of hydrogen-bond acceptors (Lipinski definition) is 15. The first-order chi connectivity index (χ1) is 27.2. The van der Waals surface area contributed by atoms with Crippen LogP contribution in [0.15, 0.2) is 0 Å². The van der Waals surface area contributed by atoms with Gasteiger partial charge in [0.05, 0.1) is 26.4 Å². The molecule has 0 rings (SSSR count). The number of carbonyl (C=O) groups excluding carboxylic acids is 4. The molecule has 0 spiro atoms. The fourth-order valence-corrected chi connectivity index (χ4v) is 6.62. The monoisotopic (exact) mass is 862 g/mol. The number of hydrogen-bond donors (Lipinski definition) is 3. The minimum absolute atomic E-state index is 0.0877. The van der Waals surface area contributed by atoms with E-state index in [0.29, 0.717) is 25.7 Å². The second-order valence-electron chi connectivity index (χ2n) is 14.0. The van der Waals surface area contributed by atoms with Crippen molar-refractivity contribution in [2.75, 3.05) is 39.6 Å². The summed E-state index contributed by atoms with van der Waals surface area (Å²) in [5.74, 6) is -2.24. The zero-order chi connectivity index (χ0) is 42.8. The molecule has 0 amide bonds. The van der Waals surface area contributed by atoms with Crippen LogP contribution in [0.5, 0.6) is 0 Å². The Hall–Kier alpha value is -1.94. The molecule has 0 aromatic heterocycles. The summed E-state index contributed by atoms with van der Waals surface area (Å²) in [6, 6.07) is 0. The predicted octanol–water partition coefficient (Wildman–Crippen LogP) is 7.80. The molecule has 0 fully saturated rings. The van der Waals surface area contributed by atoms with Crippen molar-refractivity contribution in [3.63, 3.8) is 0 Å². The molecule has 0 aromatic carbocycles. The van der Waals surface area contributed by atoms with Crippen LogP contribution < -0.4 is 0 Å². The lowest BCUT2D eigenvalue weighted by atomic mass is 10.1. The van der Waals surface area contributed by atoms with Gasteiger partial charge in [-0.2, -0.15) is 0 Å². The molecule has 57 heavy (non-hydrogen) atoms. The van der Waals surface area contributed by atoms with Crippen molar-refractivity contribution in [1.29, 1.82) is 0 Å². The molecular formula is C38H72O17P2. The molecule has 5 atom stereocenters. The highest BCUT2D eigenvalue weighted by molar-refractivity contribution is 7.47. The van der Waals surface area contributed by atoms with E-state index in [1.807, 2.05) is 20.8 Å². The summed E-state index contributed by atoms with van der Waals surface area (Å²) < 4.78 is 65.7. The minimum Gasteiger partial charge on any atom is -0.462 e. The van der Waals surface area contributed by atoms with Crippen LogP contribution in [0.4, 0.5) is 0 Å². The lowest BCUT2D eigenvalue weighted by Crippen LogP contribution is -2.30. The third-order valence-electron chi connectivity index (χ3n) is 8.35. The van der Waals surface area contributed by atoms with E-state index in [1.165, 1.54) is 0 Å². The average molecular weight is 863 g/mol. The number of aliphatic hydroxyl groups excluding tert-OH is 1. The summed E-state index contributed by atoms with van der Waals surface area (Å²) in [6.45, 7) is 4.13. The fourth-order valence-electron chi connectivity index (χ4n) is 5.04. The summed E-state index contributed by atoms with van der Waals surface area (Å²) in [5.41, 5.74) is 0. The van der Waals surface area contributed by atoms with E-state index < -0.39 is 97.5 Å². The SMILES string of the molecule is CCCCCCCCCC(=O)O[C@H](COC(=O)CCCCCC)COP(=O)(O)OC[C@@H](O)COP(=O)(O)OC[C@@H](COC(=O)CCCCC)OC(=O)CCCCC. The van der Waals surface area contributed by atoms with Gasteiger partial charge in [-0.25, -0.2) is 9.13 Å². The number of rotatable bonds is 39. The third kappa shape index (κ3) is 34.6. The average Bonchev–Trinajstić information content (AvgIpc) is 3.17. The smallest absolute Gasteiger partial charge is 0.462 e. The van der Waals surface area contributed by atoms with Gasteiger partial charge in [0.2, 0.25) is 0 Å². The van der Waals surface area contributed by atoms with Gasteiger partial charge < -0.3 is 33.8 Å². The van der Waals surface area contributed by atoms with Crippen LogP contribution in [0.2, 0.25) is 0 Å². The van der Waals surface area contributed by atoms with E-state index in [4.69, 9.17) is 37.0 Å². The number of phosphoric ester groups is 2. The molecule has 19 heteroatoms. The molecule has 0 aliphatic heterocycles. The second kappa shape index (κ2) is 34.9. The van der Waals surface area contributed by atoms with Crippen molar-refractivity contribution >= 4 is 39.5 Å². The molecule has 17 nitrogen and oxygen atoms in total. The number of phosphoric acid groups is 2. The van der Waals surface area contributed by atoms with E-state index in [2.05, 4.69) is 6.92 Å². The van der Waals surface area contributed by atoms with Crippen LogP contribution in [0.25, 0.3) is 0 Å². The molecule has 0 aliphatic carbocycles. The second-order valence-corrected chi connectivity index (χ2v) is 16.9. The van der Waals surface area contributed by atoms with E-state index in [1.54, 1.807) is 0 Å². The summed E-state index contributed by atoms with van der Waals surface area (Å²) in [6.07, 6.45) is 11.2. The van der Waals surface area contributed by atoms with Gasteiger partial charge in [-0.1, -0.05) is 111 Å². The first kappa shape index (κ1) is 55.1. The number of unbranched alkanes of at least 4 members (excludes halogenated alkanes) is 13. The number of ether oxygens (including phenoxy) is 4. The highest BCUT2D eigenvalue weighted by Gasteiger charge is 2.30. The maximum absolute atomic E-state index is 12.6. The Morgan fingerprint density at radius 2 is 0.702 bits per heavy atom. The first-order valence-corrected chi connectivity index (χ1v) is 23.8. The van der Waals surface area contributed by atoms with E-state index in [9.17, 15) is 43.2 Å². The molecule has 0 aromatic rings. The molecule has 0 heterocycles. The zero-order valence-corrected chi connectivity index (χ0v) is 36.6. The van der Waals surface area contributed by atoms with Gasteiger partial charge in [0.15, 0.2) is 12.2 Å². The van der Waals surface area contributed by atoms with Gasteiger partial charge in [0, 0.05) is 25.7 Å². The van der Waals surface area contributed by atoms with Crippen molar-refractivity contribution < 1.29 is 80.2 Å². The normalized spacial score (nSPS) is 15.1.